The minimum Gasteiger partial charge on any atom is -0.326 e. The van der Waals surface area contributed by atoms with Gasteiger partial charge in [0.05, 0.1) is 20.6 Å². The molecule has 3 aromatic carbocycles. The molecule has 0 aliphatic heterocycles. The lowest BCUT2D eigenvalue weighted by atomic mass is 10.1. The predicted octanol–water partition coefficient (Wildman–Crippen LogP) is 5.37. The third-order valence-electron chi connectivity index (χ3n) is 4.13. The monoisotopic (exact) mass is 448 g/mol. The highest BCUT2D eigenvalue weighted by molar-refractivity contribution is 7.92. The van der Waals surface area contributed by atoms with Crippen LogP contribution in [0.2, 0.25) is 10.0 Å². The number of carbonyl (C=O) groups is 1. The molecule has 29 heavy (non-hydrogen) atoms. The summed E-state index contributed by atoms with van der Waals surface area (Å²) in [5.41, 5.74) is 1.79. The standard InChI is InChI=1S/C21H18Cl2N2O3S/c22-18-7-4-8-19(21(18)23)25-29(27,28)17-12-10-16(11-13-17)24-20(26)14-9-15-5-2-1-3-6-15/h1-8,10-13,25H,9,14H2,(H,24,26). The molecule has 0 unspecified atom stereocenters. The molecule has 0 bridgehead atoms. The van der Waals surface area contributed by atoms with E-state index >= 15 is 0 Å². The van der Waals surface area contributed by atoms with Gasteiger partial charge in [-0.15, -0.1) is 0 Å². The summed E-state index contributed by atoms with van der Waals surface area (Å²) in [7, 11) is -3.85. The maximum atomic E-state index is 12.6. The molecule has 5 nitrogen and oxygen atoms in total. The third kappa shape index (κ3) is 5.73. The Morgan fingerprint density at radius 3 is 2.24 bits per heavy atom. The van der Waals surface area contributed by atoms with E-state index in [1.54, 1.807) is 12.1 Å². The highest BCUT2D eigenvalue weighted by Crippen LogP contribution is 2.31. The van der Waals surface area contributed by atoms with Crippen molar-refractivity contribution in [1.29, 1.82) is 0 Å². The Labute approximate surface area is 179 Å². The first kappa shape index (κ1) is 21.2. The van der Waals surface area contributed by atoms with E-state index in [-0.39, 0.29) is 26.5 Å². The van der Waals surface area contributed by atoms with Gasteiger partial charge in [-0.05, 0) is 48.4 Å². The Morgan fingerprint density at radius 2 is 1.55 bits per heavy atom. The Morgan fingerprint density at radius 1 is 0.862 bits per heavy atom. The number of halogens is 2. The summed E-state index contributed by atoms with van der Waals surface area (Å²) >= 11 is 12.0. The van der Waals surface area contributed by atoms with Crippen LogP contribution in [0.3, 0.4) is 0 Å². The van der Waals surface area contributed by atoms with Gasteiger partial charge in [0.15, 0.2) is 0 Å². The zero-order chi connectivity index (χ0) is 20.9. The molecule has 0 radical (unpaired) electrons. The highest BCUT2D eigenvalue weighted by Gasteiger charge is 2.17. The maximum Gasteiger partial charge on any atom is 0.261 e. The summed E-state index contributed by atoms with van der Waals surface area (Å²) in [5.74, 6) is -0.145. The van der Waals surface area contributed by atoms with Gasteiger partial charge >= 0.3 is 0 Å². The summed E-state index contributed by atoms with van der Waals surface area (Å²) in [6.07, 6.45) is 0.961. The first-order chi connectivity index (χ1) is 13.8. The van der Waals surface area contributed by atoms with E-state index in [4.69, 9.17) is 23.2 Å². The number of amides is 1. The van der Waals surface area contributed by atoms with E-state index < -0.39 is 10.0 Å². The minimum atomic E-state index is -3.85. The highest BCUT2D eigenvalue weighted by atomic mass is 35.5. The average molecular weight is 449 g/mol. The van der Waals surface area contributed by atoms with Gasteiger partial charge in [-0.3, -0.25) is 9.52 Å². The lowest BCUT2D eigenvalue weighted by Crippen LogP contribution is -2.14. The fourth-order valence-electron chi connectivity index (χ4n) is 2.63. The number of benzene rings is 3. The van der Waals surface area contributed by atoms with Crippen LogP contribution in [0.5, 0.6) is 0 Å². The van der Waals surface area contributed by atoms with Crippen LogP contribution in [0.15, 0.2) is 77.7 Å². The molecule has 2 N–H and O–H groups in total. The van der Waals surface area contributed by atoms with Crippen molar-refractivity contribution >= 4 is 50.5 Å². The van der Waals surface area contributed by atoms with Gasteiger partial charge < -0.3 is 5.32 Å². The molecule has 1 amide bonds. The topological polar surface area (TPSA) is 75.3 Å². The van der Waals surface area contributed by atoms with Crippen LogP contribution < -0.4 is 10.0 Å². The zero-order valence-corrected chi connectivity index (χ0v) is 17.6. The summed E-state index contributed by atoms with van der Waals surface area (Å²) in [6, 6.07) is 20.3. The molecular formula is C21H18Cl2N2O3S. The van der Waals surface area contributed by atoms with E-state index in [9.17, 15) is 13.2 Å². The molecule has 0 aliphatic carbocycles. The number of nitrogens with one attached hydrogen (secondary N) is 2. The zero-order valence-electron chi connectivity index (χ0n) is 15.2. The molecule has 0 spiro atoms. The normalized spacial score (nSPS) is 11.1. The summed E-state index contributed by atoms with van der Waals surface area (Å²) in [5, 5.41) is 3.14. The largest absolute Gasteiger partial charge is 0.326 e. The molecular weight excluding hydrogens is 431 g/mol. The van der Waals surface area contributed by atoms with Crippen molar-refractivity contribution in [1.82, 2.24) is 0 Å². The lowest BCUT2D eigenvalue weighted by molar-refractivity contribution is -0.116. The van der Waals surface area contributed by atoms with Gasteiger partial charge in [-0.25, -0.2) is 8.42 Å². The van der Waals surface area contributed by atoms with E-state index in [2.05, 4.69) is 10.0 Å². The number of aryl methyl sites for hydroxylation is 1. The number of carbonyl (C=O) groups excluding carboxylic acids is 1. The predicted molar refractivity (Wildman–Crippen MR) is 117 cm³/mol. The molecule has 0 atom stereocenters. The molecule has 8 heteroatoms. The summed E-state index contributed by atoms with van der Waals surface area (Å²) < 4.78 is 27.5. The number of sulfonamides is 1. The Bertz CT molecular complexity index is 1100. The van der Waals surface area contributed by atoms with E-state index in [0.29, 0.717) is 18.5 Å². The van der Waals surface area contributed by atoms with Gasteiger partial charge in [0, 0.05) is 12.1 Å². The molecule has 3 rings (SSSR count). The Balaban J connectivity index is 1.63. The summed E-state index contributed by atoms with van der Waals surface area (Å²) in [4.78, 5) is 12.1. The lowest BCUT2D eigenvalue weighted by Gasteiger charge is -2.11. The molecule has 0 aromatic heterocycles. The fraction of sp³-hybridized carbons (Fsp3) is 0.0952. The van der Waals surface area contributed by atoms with Crippen molar-refractivity contribution in [3.63, 3.8) is 0 Å². The van der Waals surface area contributed by atoms with Crippen molar-refractivity contribution in [2.45, 2.75) is 17.7 Å². The van der Waals surface area contributed by atoms with Crippen LogP contribution in [0.1, 0.15) is 12.0 Å². The van der Waals surface area contributed by atoms with Crippen molar-refractivity contribution in [2.24, 2.45) is 0 Å². The van der Waals surface area contributed by atoms with Crippen molar-refractivity contribution < 1.29 is 13.2 Å². The van der Waals surface area contributed by atoms with Gasteiger partial charge in [-0.2, -0.15) is 0 Å². The SMILES string of the molecule is O=C(CCc1ccccc1)Nc1ccc(S(=O)(=O)Nc2cccc(Cl)c2Cl)cc1. The number of hydrogen-bond acceptors (Lipinski definition) is 3. The first-order valence-electron chi connectivity index (χ1n) is 8.76. The molecule has 150 valence electrons. The van der Waals surface area contributed by atoms with E-state index in [1.165, 1.54) is 30.3 Å². The second kappa shape index (κ2) is 9.31. The molecule has 3 aromatic rings. The van der Waals surface area contributed by atoms with Crippen molar-refractivity contribution in [3.8, 4) is 0 Å². The molecule has 0 saturated heterocycles. The van der Waals surface area contributed by atoms with Crippen LogP contribution in [0.4, 0.5) is 11.4 Å². The van der Waals surface area contributed by atoms with Crippen molar-refractivity contribution in [3.05, 3.63) is 88.4 Å². The first-order valence-corrected chi connectivity index (χ1v) is 11.0. The van der Waals surface area contributed by atoms with Gasteiger partial charge in [0.2, 0.25) is 5.91 Å². The third-order valence-corrected chi connectivity index (χ3v) is 6.33. The van der Waals surface area contributed by atoms with Gasteiger partial charge in [-0.1, -0.05) is 59.6 Å². The smallest absolute Gasteiger partial charge is 0.261 e. The molecule has 0 heterocycles. The van der Waals surface area contributed by atoms with E-state index in [0.717, 1.165) is 5.56 Å². The van der Waals surface area contributed by atoms with Crippen LogP contribution in [0, 0.1) is 0 Å². The maximum absolute atomic E-state index is 12.6. The van der Waals surface area contributed by atoms with Crippen LogP contribution >= 0.6 is 23.2 Å². The van der Waals surface area contributed by atoms with Crippen LogP contribution in [-0.4, -0.2) is 14.3 Å². The minimum absolute atomic E-state index is 0.0378. The average Bonchev–Trinajstić information content (AvgIpc) is 2.71. The van der Waals surface area contributed by atoms with Gasteiger partial charge in [0.25, 0.3) is 10.0 Å². The van der Waals surface area contributed by atoms with Crippen LogP contribution in [-0.2, 0) is 21.2 Å². The van der Waals surface area contributed by atoms with Crippen LogP contribution in [0.25, 0.3) is 0 Å². The quantitative estimate of drug-likeness (QED) is 0.510. The Kier molecular flexibility index (Phi) is 6.79. The second-order valence-corrected chi connectivity index (χ2v) is 8.73. The second-order valence-electron chi connectivity index (χ2n) is 6.27. The molecule has 0 saturated carbocycles. The molecule has 0 fully saturated rings. The Hall–Kier alpha value is -2.54. The summed E-state index contributed by atoms with van der Waals surface area (Å²) in [6.45, 7) is 0. The number of rotatable bonds is 7. The van der Waals surface area contributed by atoms with Gasteiger partial charge in [0.1, 0.15) is 0 Å². The number of anilines is 2. The van der Waals surface area contributed by atoms with E-state index in [1.807, 2.05) is 30.3 Å². The van der Waals surface area contributed by atoms with Crippen molar-refractivity contribution in [2.75, 3.05) is 10.0 Å². The fourth-order valence-corrected chi connectivity index (χ4v) is 4.11. The number of hydrogen-bond donors (Lipinski definition) is 2. The molecule has 0 aliphatic rings.